The lowest BCUT2D eigenvalue weighted by Crippen LogP contribution is -2.49. The molecule has 2 aromatic heterocycles. The summed E-state index contributed by atoms with van der Waals surface area (Å²) in [6.45, 7) is 18.1. The molecular weight excluding hydrogens is 556 g/mol. The predicted octanol–water partition coefficient (Wildman–Crippen LogP) is 7.06. The molecule has 1 N–H and O–H groups in total. The minimum Gasteiger partial charge on any atom is -0.366 e. The van der Waals surface area contributed by atoms with E-state index in [0.717, 1.165) is 42.8 Å². The van der Waals surface area contributed by atoms with E-state index >= 15 is 8.78 Å². The van der Waals surface area contributed by atoms with Crippen molar-refractivity contribution in [3.8, 4) is 0 Å². The molecule has 2 aliphatic rings. The smallest absolute Gasteiger partial charge is 0.276 e. The number of benzene rings is 1. The van der Waals surface area contributed by atoms with E-state index < -0.39 is 11.8 Å². The Bertz CT molecular complexity index is 1300. The molecule has 0 spiro atoms. The summed E-state index contributed by atoms with van der Waals surface area (Å²) in [4.78, 5) is 20.3. The fraction of sp³-hybridized carbons (Fsp3) is 0.594. The molecule has 0 atom stereocenters. The Balaban J connectivity index is 0.00000198. The molecule has 2 aliphatic heterocycles. The number of fused-ring (bicyclic) bond motifs is 1. The van der Waals surface area contributed by atoms with Crippen LogP contribution in [-0.2, 0) is 12.5 Å². The average molecular weight is 602 g/mol. The predicted molar refractivity (Wildman–Crippen MR) is 170 cm³/mol. The maximum Gasteiger partial charge on any atom is 0.276 e. The molecule has 230 valence electrons. The van der Waals surface area contributed by atoms with Crippen molar-refractivity contribution < 1.29 is 8.78 Å². The van der Waals surface area contributed by atoms with Crippen molar-refractivity contribution in [1.82, 2.24) is 24.8 Å². The first-order valence-corrected chi connectivity index (χ1v) is 15.8. The number of hydrogen-bond acceptors (Lipinski definition) is 7. The van der Waals surface area contributed by atoms with Crippen molar-refractivity contribution in [3.63, 3.8) is 0 Å². The van der Waals surface area contributed by atoms with Gasteiger partial charge in [0.25, 0.3) is 5.92 Å². The lowest BCUT2D eigenvalue weighted by atomic mass is 9.85. The van der Waals surface area contributed by atoms with E-state index in [1.165, 1.54) is 6.33 Å². The summed E-state index contributed by atoms with van der Waals surface area (Å²) in [5.74, 6) is -2.90. The van der Waals surface area contributed by atoms with Gasteiger partial charge in [0.2, 0.25) is 0 Å². The van der Waals surface area contributed by atoms with Gasteiger partial charge >= 0.3 is 0 Å². The number of rotatable bonds is 8. The van der Waals surface area contributed by atoms with Crippen LogP contribution in [0.1, 0.15) is 65.5 Å². The molecule has 0 radical (unpaired) electrons. The van der Waals surface area contributed by atoms with Gasteiger partial charge in [-0.2, -0.15) is 0 Å². The van der Waals surface area contributed by atoms with Crippen molar-refractivity contribution in [1.29, 1.82) is 0 Å². The van der Waals surface area contributed by atoms with E-state index in [1.807, 2.05) is 26.0 Å². The molecule has 2 saturated heterocycles. The zero-order valence-corrected chi connectivity index (χ0v) is 26.6. The molecule has 2 fully saturated rings. The number of halogens is 3. The highest BCUT2D eigenvalue weighted by molar-refractivity contribution is 6.32. The first-order valence-electron chi connectivity index (χ1n) is 15.4. The Labute approximate surface area is 254 Å². The highest BCUT2D eigenvalue weighted by Gasteiger charge is 2.42. The second-order valence-corrected chi connectivity index (χ2v) is 11.9. The third-order valence-electron chi connectivity index (χ3n) is 8.49. The molecule has 3 aromatic rings. The number of hydrogen-bond donors (Lipinski definition) is 1. The van der Waals surface area contributed by atoms with Gasteiger partial charge in [-0.25, -0.2) is 23.7 Å². The summed E-state index contributed by atoms with van der Waals surface area (Å²) in [6.07, 6.45) is 2.46. The summed E-state index contributed by atoms with van der Waals surface area (Å²) in [7, 11) is 0. The van der Waals surface area contributed by atoms with Crippen LogP contribution in [0.2, 0.25) is 5.15 Å². The molecule has 4 heterocycles. The molecule has 0 unspecified atom stereocenters. The largest absolute Gasteiger partial charge is 0.366 e. The highest BCUT2D eigenvalue weighted by Crippen LogP contribution is 2.42. The van der Waals surface area contributed by atoms with E-state index in [4.69, 9.17) is 11.6 Å². The van der Waals surface area contributed by atoms with Crippen LogP contribution < -0.4 is 10.2 Å². The number of piperazine rings is 1. The first kappa shape index (κ1) is 32.3. The van der Waals surface area contributed by atoms with Crippen LogP contribution in [0.25, 0.3) is 11.0 Å². The Kier molecular flexibility index (Phi) is 10.9. The standard InChI is InChI=1S/C30H40ClF2N7.C2H6/c1-20(2)38-10-8-23(9-11-38)30(32,33)24-7-5-6-22(16-24)18-34-28-25-17-26(27(31)37-29(25)36-19-35-28)40-14-12-39(13-15-40)21(3)4;1-2/h5-7,16-17,19-21,23H,8-15,18H2,1-4H3,(H,34,35,36,37);1-2H3. The van der Waals surface area contributed by atoms with Crippen LogP contribution in [0.15, 0.2) is 36.7 Å². The number of pyridine rings is 1. The van der Waals surface area contributed by atoms with Gasteiger partial charge < -0.3 is 15.1 Å². The number of aromatic nitrogens is 3. The lowest BCUT2D eigenvalue weighted by Gasteiger charge is -2.38. The van der Waals surface area contributed by atoms with E-state index in [9.17, 15) is 0 Å². The Morgan fingerprint density at radius 3 is 2.21 bits per heavy atom. The summed E-state index contributed by atoms with van der Waals surface area (Å²) >= 11 is 6.59. The average Bonchev–Trinajstić information content (AvgIpc) is 3.01. The zero-order valence-electron chi connectivity index (χ0n) is 25.9. The molecule has 0 bridgehead atoms. The molecule has 0 aliphatic carbocycles. The number of nitrogens with zero attached hydrogens (tertiary/aromatic N) is 6. The van der Waals surface area contributed by atoms with Gasteiger partial charge in [0.1, 0.15) is 12.1 Å². The van der Waals surface area contributed by atoms with Crippen LogP contribution in [0, 0.1) is 5.92 Å². The van der Waals surface area contributed by atoms with Gasteiger partial charge in [0.15, 0.2) is 10.8 Å². The molecule has 0 saturated carbocycles. The van der Waals surface area contributed by atoms with Gasteiger partial charge in [0.05, 0.1) is 11.1 Å². The maximum absolute atomic E-state index is 15.6. The molecule has 0 amide bonds. The number of nitrogens with one attached hydrogen (secondary N) is 1. The lowest BCUT2D eigenvalue weighted by molar-refractivity contribution is -0.0875. The summed E-state index contributed by atoms with van der Waals surface area (Å²) in [5, 5.41) is 4.52. The summed E-state index contributed by atoms with van der Waals surface area (Å²) in [5.41, 5.74) is 2.22. The number of anilines is 2. The van der Waals surface area contributed by atoms with Crippen LogP contribution >= 0.6 is 11.6 Å². The number of likely N-dealkylation sites (tertiary alicyclic amines) is 1. The quantitative estimate of drug-likeness (QED) is 0.277. The van der Waals surface area contributed by atoms with Crippen molar-refractivity contribution in [2.45, 2.75) is 78.9 Å². The van der Waals surface area contributed by atoms with Crippen molar-refractivity contribution in [2.75, 3.05) is 49.5 Å². The van der Waals surface area contributed by atoms with Crippen LogP contribution in [0.5, 0.6) is 0 Å². The molecule has 42 heavy (non-hydrogen) atoms. The molecular formula is C32H46ClF2N7. The second kappa shape index (κ2) is 14.2. The van der Waals surface area contributed by atoms with Crippen molar-refractivity contribution in [2.24, 2.45) is 5.92 Å². The van der Waals surface area contributed by atoms with Gasteiger partial charge in [0, 0.05) is 56.3 Å². The monoisotopic (exact) mass is 601 g/mol. The Hall–Kier alpha value is -2.62. The third-order valence-corrected chi connectivity index (χ3v) is 8.77. The topological polar surface area (TPSA) is 60.4 Å². The minimum atomic E-state index is -2.87. The molecule has 7 nitrogen and oxygen atoms in total. The first-order chi connectivity index (χ1) is 20.1. The maximum atomic E-state index is 15.6. The van der Waals surface area contributed by atoms with Crippen LogP contribution in [-0.4, -0.2) is 76.1 Å². The van der Waals surface area contributed by atoms with E-state index in [0.29, 0.717) is 61.2 Å². The minimum absolute atomic E-state index is 0.0821. The SMILES string of the molecule is CC.CC(C)N1CCC(C(F)(F)c2cccc(CNc3ncnc4nc(Cl)c(N5CCN(C(C)C)CC5)cc34)c2)CC1. The van der Waals surface area contributed by atoms with Crippen LogP contribution in [0.4, 0.5) is 20.3 Å². The number of piperidine rings is 1. The molecule has 5 rings (SSSR count). The molecule has 10 heteroatoms. The summed E-state index contributed by atoms with van der Waals surface area (Å²) in [6, 6.07) is 9.65. The van der Waals surface area contributed by atoms with Gasteiger partial charge in [-0.15, -0.1) is 0 Å². The zero-order chi connectivity index (χ0) is 30.4. The van der Waals surface area contributed by atoms with Gasteiger partial charge in [-0.1, -0.05) is 43.6 Å². The van der Waals surface area contributed by atoms with Gasteiger partial charge in [-0.05, 0) is 71.3 Å². The Morgan fingerprint density at radius 1 is 0.929 bits per heavy atom. The normalized spacial score (nSPS) is 17.5. The van der Waals surface area contributed by atoms with Crippen molar-refractivity contribution >= 4 is 34.1 Å². The highest BCUT2D eigenvalue weighted by atomic mass is 35.5. The van der Waals surface area contributed by atoms with Crippen molar-refractivity contribution in [3.05, 3.63) is 52.9 Å². The second-order valence-electron chi connectivity index (χ2n) is 11.6. The fourth-order valence-corrected chi connectivity index (χ4v) is 6.14. The summed E-state index contributed by atoms with van der Waals surface area (Å²) < 4.78 is 31.1. The third kappa shape index (κ3) is 7.29. The fourth-order valence-electron chi connectivity index (χ4n) is 5.89. The van der Waals surface area contributed by atoms with E-state index in [-0.39, 0.29) is 5.56 Å². The molecule has 1 aromatic carbocycles. The van der Waals surface area contributed by atoms with E-state index in [1.54, 1.807) is 18.2 Å². The number of alkyl halides is 2. The van der Waals surface area contributed by atoms with Gasteiger partial charge in [-0.3, -0.25) is 4.90 Å². The Morgan fingerprint density at radius 2 is 1.57 bits per heavy atom. The van der Waals surface area contributed by atoms with Crippen LogP contribution in [0.3, 0.4) is 0 Å². The van der Waals surface area contributed by atoms with E-state index in [2.05, 4.69) is 62.7 Å².